The second-order valence-corrected chi connectivity index (χ2v) is 8.43. The molecule has 1 aliphatic heterocycles. The zero-order valence-corrected chi connectivity index (χ0v) is 17.3. The Morgan fingerprint density at radius 2 is 1.96 bits per heavy atom. The summed E-state index contributed by atoms with van der Waals surface area (Å²) in [4.78, 5) is 14.6. The van der Waals surface area contributed by atoms with Crippen LogP contribution >= 0.6 is 15.9 Å². The fraction of sp³-hybridized carbons (Fsp3) is 0.409. The van der Waals surface area contributed by atoms with Crippen molar-refractivity contribution in [3.63, 3.8) is 0 Å². The zero-order valence-electron chi connectivity index (χ0n) is 15.8. The number of nitrogens with zero attached hydrogens (tertiary/aromatic N) is 1. The molecule has 0 N–H and O–H groups in total. The lowest BCUT2D eigenvalue weighted by atomic mass is 9.98. The predicted molar refractivity (Wildman–Crippen MR) is 110 cm³/mol. The molecule has 1 amide bonds. The number of rotatable bonds is 4. The number of fused-ring (bicyclic) bond motifs is 1. The van der Waals surface area contributed by atoms with Crippen LogP contribution in [0.1, 0.15) is 37.7 Å². The van der Waals surface area contributed by atoms with Gasteiger partial charge in [-0.3, -0.25) is 4.79 Å². The maximum atomic E-state index is 12.7. The molecule has 0 radical (unpaired) electrons. The molecule has 4 nitrogen and oxygen atoms in total. The normalized spacial score (nSPS) is 15.6. The molecular formula is C22H24BrNO3. The molecule has 142 valence electrons. The number of furan rings is 2. The fourth-order valence-electron chi connectivity index (χ4n) is 3.77. The van der Waals surface area contributed by atoms with Crippen molar-refractivity contribution in [3.8, 4) is 11.3 Å². The Balaban J connectivity index is 1.60. The lowest BCUT2D eigenvalue weighted by Crippen LogP contribution is -2.37. The van der Waals surface area contributed by atoms with Crippen molar-refractivity contribution in [3.05, 3.63) is 46.3 Å². The van der Waals surface area contributed by atoms with Crippen molar-refractivity contribution in [2.45, 2.75) is 39.5 Å². The van der Waals surface area contributed by atoms with Crippen LogP contribution in [-0.4, -0.2) is 23.9 Å². The molecule has 1 aromatic carbocycles. The highest BCUT2D eigenvalue weighted by atomic mass is 79.9. The number of carbonyl (C=O) groups excluding carboxylic acids is 1. The van der Waals surface area contributed by atoms with E-state index in [4.69, 9.17) is 8.83 Å². The zero-order chi connectivity index (χ0) is 19.0. The monoisotopic (exact) mass is 429 g/mol. The van der Waals surface area contributed by atoms with Crippen LogP contribution in [0.2, 0.25) is 0 Å². The number of halogens is 1. The van der Waals surface area contributed by atoms with E-state index < -0.39 is 0 Å². The van der Waals surface area contributed by atoms with Crippen LogP contribution in [0.3, 0.4) is 0 Å². The number of hydrogen-bond donors (Lipinski definition) is 0. The SMILES string of the molecule is Cc1ccc(-c2c(CCC(=O)N3CCC(C)CC3)oc3ccc(Br)cc23)o1. The molecule has 0 aliphatic carbocycles. The smallest absolute Gasteiger partial charge is 0.223 e. The van der Waals surface area contributed by atoms with E-state index in [0.717, 1.165) is 70.1 Å². The Hall–Kier alpha value is -2.01. The Labute approximate surface area is 167 Å². The van der Waals surface area contributed by atoms with E-state index in [9.17, 15) is 4.79 Å². The summed E-state index contributed by atoms with van der Waals surface area (Å²) >= 11 is 3.54. The quantitative estimate of drug-likeness (QED) is 0.514. The molecule has 0 spiro atoms. The number of hydrogen-bond acceptors (Lipinski definition) is 3. The van der Waals surface area contributed by atoms with E-state index in [1.165, 1.54) is 0 Å². The summed E-state index contributed by atoms with van der Waals surface area (Å²) in [5.41, 5.74) is 1.77. The van der Waals surface area contributed by atoms with Gasteiger partial charge in [0.2, 0.25) is 5.91 Å². The van der Waals surface area contributed by atoms with Crippen molar-refractivity contribution in [1.82, 2.24) is 4.90 Å². The minimum absolute atomic E-state index is 0.213. The minimum Gasteiger partial charge on any atom is -0.461 e. The Kier molecular flexibility index (Phi) is 5.13. The fourth-order valence-corrected chi connectivity index (χ4v) is 4.13. The van der Waals surface area contributed by atoms with E-state index in [-0.39, 0.29) is 5.91 Å². The first-order chi connectivity index (χ1) is 13.0. The first-order valence-corrected chi connectivity index (χ1v) is 10.4. The number of carbonyl (C=O) groups is 1. The highest BCUT2D eigenvalue weighted by Crippen LogP contribution is 2.38. The number of benzene rings is 1. The molecule has 1 fully saturated rings. The first kappa shape index (κ1) is 18.4. The molecule has 2 aromatic heterocycles. The van der Waals surface area contributed by atoms with Crippen LogP contribution in [0.4, 0.5) is 0 Å². The van der Waals surface area contributed by atoms with Crippen LogP contribution < -0.4 is 0 Å². The Bertz CT molecular complexity index is 963. The third kappa shape index (κ3) is 3.84. The summed E-state index contributed by atoms with van der Waals surface area (Å²) in [5.74, 6) is 3.40. The van der Waals surface area contributed by atoms with Gasteiger partial charge in [-0.05, 0) is 56.0 Å². The summed E-state index contributed by atoms with van der Waals surface area (Å²) in [5, 5.41) is 1.01. The summed E-state index contributed by atoms with van der Waals surface area (Å²) in [7, 11) is 0. The largest absolute Gasteiger partial charge is 0.461 e. The van der Waals surface area contributed by atoms with Crippen LogP contribution in [0.5, 0.6) is 0 Å². The standard InChI is InChI=1S/C22H24BrNO3/c1-14-9-11-24(12-10-14)21(25)8-7-20-22(19-5-3-15(2)26-19)17-13-16(23)4-6-18(17)27-20/h3-6,13-14H,7-12H2,1-2H3. The minimum atomic E-state index is 0.213. The van der Waals surface area contributed by atoms with Gasteiger partial charge >= 0.3 is 0 Å². The number of likely N-dealkylation sites (tertiary alicyclic amines) is 1. The van der Waals surface area contributed by atoms with Crippen molar-refractivity contribution < 1.29 is 13.6 Å². The molecule has 27 heavy (non-hydrogen) atoms. The second-order valence-electron chi connectivity index (χ2n) is 7.51. The van der Waals surface area contributed by atoms with Gasteiger partial charge in [-0.25, -0.2) is 0 Å². The highest BCUT2D eigenvalue weighted by molar-refractivity contribution is 9.10. The molecule has 1 aliphatic rings. The van der Waals surface area contributed by atoms with E-state index in [2.05, 4.69) is 22.9 Å². The van der Waals surface area contributed by atoms with Crippen molar-refractivity contribution >= 4 is 32.8 Å². The molecule has 3 aromatic rings. The van der Waals surface area contributed by atoms with Gasteiger partial charge in [-0.1, -0.05) is 22.9 Å². The number of piperidine rings is 1. The number of aryl methyl sites for hydroxylation is 2. The van der Waals surface area contributed by atoms with Crippen LogP contribution in [0, 0.1) is 12.8 Å². The van der Waals surface area contributed by atoms with Gasteiger partial charge in [0.1, 0.15) is 22.9 Å². The summed E-state index contributed by atoms with van der Waals surface area (Å²) < 4.78 is 13.0. The third-order valence-corrected chi connectivity index (χ3v) is 5.91. The van der Waals surface area contributed by atoms with Gasteiger partial charge < -0.3 is 13.7 Å². The molecule has 4 rings (SSSR count). The van der Waals surface area contributed by atoms with E-state index in [0.29, 0.717) is 12.8 Å². The van der Waals surface area contributed by atoms with Gasteiger partial charge in [0, 0.05) is 35.8 Å². The molecular weight excluding hydrogens is 406 g/mol. The van der Waals surface area contributed by atoms with Gasteiger partial charge in [0.25, 0.3) is 0 Å². The van der Waals surface area contributed by atoms with Crippen LogP contribution in [0.15, 0.2) is 43.6 Å². The van der Waals surface area contributed by atoms with Crippen molar-refractivity contribution in [1.29, 1.82) is 0 Å². The molecule has 1 saturated heterocycles. The first-order valence-electron chi connectivity index (χ1n) is 9.57. The Morgan fingerprint density at radius 3 is 2.67 bits per heavy atom. The second kappa shape index (κ2) is 7.55. The summed E-state index contributed by atoms with van der Waals surface area (Å²) in [6, 6.07) is 9.89. The lowest BCUT2D eigenvalue weighted by Gasteiger charge is -2.30. The van der Waals surface area contributed by atoms with Crippen molar-refractivity contribution in [2.75, 3.05) is 13.1 Å². The van der Waals surface area contributed by atoms with Crippen LogP contribution in [0.25, 0.3) is 22.3 Å². The van der Waals surface area contributed by atoms with Gasteiger partial charge in [0.05, 0.1) is 5.56 Å². The third-order valence-electron chi connectivity index (χ3n) is 5.41. The van der Waals surface area contributed by atoms with Gasteiger partial charge in [-0.15, -0.1) is 0 Å². The molecule has 0 atom stereocenters. The van der Waals surface area contributed by atoms with Crippen LogP contribution in [-0.2, 0) is 11.2 Å². The lowest BCUT2D eigenvalue weighted by molar-refractivity contribution is -0.132. The van der Waals surface area contributed by atoms with E-state index in [1.54, 1.807) is 0 Å². The molecule has 0 bridgehead atoms. The molecule has 0 saturated carbocycles. The Morgan fingerprint density at radius 1 is 1.19 bits per heavy atom. The van der Waals surface area contributed by atoms with Gasteiger partial charge in [-0.2, -0.15) is 0 Å². The molecule has 5 heteroatoms. The average molecular weight is 430 g/mol. The van der Waals surface area contributed by atoms with Crippen molar-refractivity contribution in [2.24, 2.45) is 5.92 Å². The predicted octanol–water partition coefficient (Wildman–Crippen LogP) is 5.95. The maximum Gasteiger partial charge on any atom is 0.223 e. The number of amides is 1. The summed E-state index contributed by atoms with van der Waals surface area (Å²) in [6.45, 7) is 5.93. The average Bonchev–Trinajstić information content (AvgIpc) is 3.22. The van der Waals surface area contributed by atoms with E-state index in [1.807, 2.05) is 42.2 Å². The van der Waals surface area contributed by atoms with E-state index >= 15 is 0 Å². The highest BCUT2D eigenvalue weighted by Gasteiger charge is 2.23. The maximum absolute atomic E-state index is 12.7. The molecule has 0 unspecified atom stereocenters. The topological polar surface area (TPSA) is 46.6 Å². The summed E-state index contributed by atoms with van der Waals surface area (Å²) in [6.07, 6.45) is 3.23. The van der Waals surface area contributed by atoms with Gasteiger partial charge in [0.15, 0.2) is 0 Å². The molecule has 3 heterocycles.